The van der Waals surface area contributed by atoms with Crippen LogP contribution in [0.4, 0.5) is 0 Å². The van der Waals surface area contributed by atoms with Crippen molar-refractivity contribution in [3.8, 4) is 11.8 Å². The zero-order valence-electron chi connectivity index (χ0n) is 23.9. The highest BCUT2D eigenvalue weighted by Gasteiger charge is 2.47. The normalized spacial score (nSPS) is 13.3. The van der Waals surface area contributed by atoms with Crippen LogP contribution in [0.25, 0.3) is 0 Å². The number of ether oxygens (including phenoxy) is 1. The van der Waals surface area contributed by atoms with Crippen LogP contribution in [-0.2, 0) is 21.2 Å². The molecule has 6 heteroatoms. The van der Waals surface area contributed by atoms with Crippen molar-refractivity contribution in [1.82, 2.24) is 4.31 Å². The summed E-state index contributed by atoms with van der Waals surface area (Å²) in [6.45, 7) is 7.63. The lowest BCUT2D eigenvalue weighted by atomic mass is 9.86. The number of carbonyl (C=O) groups excluding carboxylic acids is 1. The Morgan fingerprint density at radius 2 is 1.48 bits per heavy atom. The molecular weight excluding hydrogens is 542 g/mol. The van der Waals surface area contributed by atoms with E-state index in [1.165, 1.54) is 4.31 Å². The predicted molar refractivity (Wildman–Crippen MR) is 167 cm³/mol. The first-order valence-corrected chi connectivity index (χ1v) is 15.3. The van der Waals surface area contributed by atoms with Crippen LogP contribution in [0.3, 0.4) is 0 Å². The molecule has 0 heterocycles. The van der Waals surface area contributed by atoms with Gasteiger partial charge in [0, 0.05) is 12.1 Å². The summed E-state index contributed by atoms with van der Waals surface area (Å²) in [7, 11) is -4.07. The maximum absolute atomic E-state index is 14.3. The van der Waals surface area contributed by atoms with E-state index in [2.05, 4.69) is 18.4 Å². The van der Waals surface area contributed by atoms with Gasteiger partial charge in [-0.2, -0.15) is 4.31 Å². The summed E-state index contributed by atoms with van der Waals surface area (Å²) >= 11 is 0. The Labute approximate surface area is 249 Å². The number of hydrogen-bond donors (Lipinski definition) is 0. The smallest absolute Gasteiger partial charge is 0.339 e. The zero-order chi connectivity index (χ0) is 30.0. The fourth-order valence-electron chi connectivity index (χ4n) is 4.77. The van der Waals surface area contributed by atoms with Gasteiger partial charge in [0.25, 0.3) is 0 Å². The largest absolute Gasteiger partial charge is 0.440 e. The van der Waals surface area contributed by atoms with Gasteiger partial charge in [0.15, 0.2) is 5.60 Å². The van der Waals surface area contributed by atoms with Crippen LogP contribution in [0, 0.1) is 18.8 Å². The zero-order valence-corrected chi connectivity index (χ0v) is 24.8. The molecule has 0 amide bonds. The quantitative estimate of drug-likeness (QED) is 0.111. The van der Waals surface area contributed by atoms with Gasteiger partial charge >= 0.3 is 5.97 Å². The lowest BCUT2D eigenvalue weighted by Crippen LogP contribution is -2.57. The van der Waals surface area contributed by atoms with E-state index in [-0.39, 0.29) is 24.3 Å². The average Bonchev–Trinajstić information content (AvgIpc) is 3.02. The lowest BCUT2D eigenvalue weighted by Gasteiger charge is -2.41. The van der Waals surface area contributed by atoms with Gasteiger partial charge in [0.1, 0.15) is 0 Å². The summed E-state index contributed by atoms with van der Waals surface area (Å²) in [6, 6.07) is 33.5. The van der Waals surface area contributed by atoms with Crippen LogP contribution in [0.2, 0.25) is 0 Å². The van der Waals surface area contributed by atoms with Crippen molar-refractivity contribution in [1.29, 1.82) is 0 Å². The van der Waals surface area contributed by atoms with E-state index in [9.17, 15) is 13.2 Å². The summed E-state index contributed by atoms with van der Waals surface area (Å²) in [5, 5.41) is 0. The molecule has 1 unspecified atom stereocenters. The molecule has 0 saturated carbocycles. The molecule has 0 fully saturated rings. The molecule has 4 rings (SSSR count). The van der Waals surface area contributed by atoms with E-state index in [1.807, 2.05) is 80.6 Å². The summed E-state index contributed by atoms with van der Waals surface area (Å²) < 4.78 is 36.4. The molecule has 0 spiro atoms. The fraction of sp³-hybridized carbons (Fsp3) is 0.194. The number of esters is 1. The van der Waals surface area contributed by atoms with Crippen molar-refractivity contribution >= 4 is 16.0 Å². The van der Waals surface area contributed by atoms with E-state index in [1.54, 1.807) is 54.6 Å². The predicted octanol–water partition coefficient (Wildman–Crippen LogP) is 6.84. The maximum Gasteiger partial charge on any atom is 0.339 e. The molecule has 5 nitrogen and oxygen atoms in total. The molecule has 0 bridgehead atoms. The molecule has 0 saturated heterocycles. The van der Waals surface area contributed by atoms with E-state index in [4.69, 9.17) is 4.74 Å². The topological polar surface area (TPSA) is 63.7 Å². The number of benzene rings is 4. The summed E-state index contributed by atoms with van der Waals surface area (Å²) in [6.07, 6.45) is 2.03. The van der Waals surface area contributed by atoms with Gasteiger partial charge in [-0.05, 0) is 67.6 Å². The minimum atomic E-state index is -4.07. The van der Waals surface area contributed by atoms with Crippen LogP contribution in [0.1, 0.15) is 40.4 Å². The number of rotatable bonds is 11. The fourth-order valence-corrected chi connectivity index (χ4v) is 6.41. The van der Waals surface area contributed by atoms with Crippen molar-refractivity contribution in [3.05, 3.63) is 150 Å². The number of sulfonamides is 1. The Kier molecular flexibility index (Phi) is 10.1. The van der Waals surface area contributed by atoms with Gasteiger partial charge < -0.3 is 4.74 Å². The van der Waals surface area contributed by atoms with Gasteiger partial charge in [0.05, 0.1) is 16.5 Å². The second-order valence-electron chi connectivity index (χ2n) is 10.00. The number of aryl methyl sites for hydroxylation is 1. The molecule has 4 aromatic carbocycles. The van der Waals surface area contributed by atoms with Crippen LogP contribution < -0.4 is 0 Å². The highest BCUT2D eigenvalue weighted by atomic mass is 32.2. The van der Waals surface area contributed by atoms with Crippen molar-refractivity contribution < 1.29 is 17.9 Å². The minimum Gasteiger partial charge on any atom is -0.440 e. The van der Waals surface area contributed by atoms with E-state index in [0.717, 1.165) is 16.7 Å². The molecule has 214 valence electrons. The van der Waals surface area contributed by atoms with Crippen molar-refractivity contribution in [2.24, 2.45) is 0 Å². The van der Waals surface area contributed by atoms with Gasteiger partial charge in [-0.3, -0.25) is 0 Å². The third kappa shape index (κ3) is 7.25. The molecule has 0 radical (unpaired) electrons. The van der Waals surface area contributed by atoms with Crippen LogP contribution in [0.15, 0.2) is 133 Å². The molecule has 42 heavy (non-hydrogen) atoms. The first kappa shape index (κ1) is 30.5. The number of hydrogen-bond acceptors (Lipinski definition) is 4. The maximum atomic E-state index is 14.3. The van der Waals surface area contributed by atoms with Gasteiger partial charge in [-0.1, -0.05) is 103 Å². The summed E-state index contributed by atoms with van der Waals surface area (Å²) in [4.78, 5) is 13.8. The highest BCUT2D eigenvalue weighted by molar-refractivity contribution is 7.89. The Morgan fingerprint density at radius 3 is 2.05 bits per heavy atom. The third-order valence-corrected chi connectivity index (χ3v) is 8.99. The van der Waals surface area contributed by atoms with Crippen LogP contribution >= 0.6 is 0 Å². The molecule has 0 aliphatic rings. The van der Waals surface area contributed by atoms with Crippen LogP contribution in [-0.4, -0.2) is 36.9 Å². The molecule has 0 N–H and O–H groups in total. The summed E-state index contributed by atoms with van der Waals surface area (Å²) in [5.74, 6) is 5.86. The average molecular weight is 578 g/mol. The van der Waals surface area contributed by atoms with Gasteiger partial charge in [-0.25, -0.2) is 13.2 Å². The molecule has 2 atom stereocenters. The minimum absolute atomic E-state index is 0.00857. The van der Waals surface area contributed by atoms with Gasteiger partial charge in [-0.15, -0.1) is 6.58 Å². The molecule has 0 aliphatic carbocycles. The number of nitrogens with zero attached hydrogens (tertiary/aromatic N) is 1. The number of carbonyl (C=O) groups is 1. The van der Waals surface area contributed by atoms with Crippen LogP contribution in [0.5, 0.6) is 0 Å². The molecule has 0 aliphatic heterocycles. The first-order valence-electron chi connectivity index (χ1n) is 13.9. The lowest BCUT2D eigenvalue weighted by molar-refractivity contribution is -0.0221. The van der Waals surface area contributed by atoms with Crippen molar-refractivity contribution in [2.45, 2.75) is 43.2 Å². The van der Waals surface area contributed by atoms with Crippen molar-refractivity contribution in [2.75, 3.05) is 6.54 Å². The Hall–Kier alpha value is -4.44. The standard InChI is InChI=1S/C36H35NO4S/c1-4-27-37(42(39,40)33-23-21-29(3)22-24-33)34(28-31-17-11-7-12-18-31)36(5-2,26-25-30-15-9-6-10-16-30)41-35(38)32-19-13-8-14-20-32/h4,6-24,34H,1,5,27-28H2,2-3H3/t34?,36-/m0/s1. The Morgan fingerprint density at radius 1 is 0.905 bits per heavy atom. The van der Waals surface area contributed by atoms with E-state index >= 15 is 0 Å². The Bertz CT molecular complexity index is 1640. The SMILES string of the molecule is C=CCN(C(Cc1ccccc1)[C@@](C#Cc1ccccc1)(CC)OC(=O)c1ccccc1)S(=O)(=O)c1ccc(C)cc1. The third-order valence-electron chi connectivity index (χ3n) is 7.10. The second kappa shape index (κ2) is 14.0. The monoisotopic (exact) mass is 577 g/mol. The molecular formula is C36H35NO4S. The first-order chi connectivity index (χ1) is 20.3. The van der Waals surface area contributed by atoms with Crippen molar-refractivity contribution in [3.63, 3.8) is 0 Å². The molecule has 0 aromatic heterocycles. The van der Waals surface area contributed by atoms with E-state index in [0.29, 0.717) is 5.56 Å². The highest BCUT2D eigenvalue weighted by Crippen LogP contribution is 2.33. The summed E-state index contributed by atoms with van der Waals surface area (Å²) in [5.41, 5.74) is 1.39. The molecule has 4 aromatic rings. The second-order valence-corrected chi connectivity index (χ2v) is 11.9. The van der Waals surface area contributed by atoms with E-state index < -0.39 is 27.6 Å². The Balaban J connectivity index is 1.95. The van der Waals surface area contributed by atoms with Gasteiger partial charge in [0.2, 0.25) is 10.0 Å².